The highest BCUT2D eigenvalue weighted by atomic mass is 79.9. The van der Waals surface area contributed by atoms with Gasteiger partial charge in [-0.15, -0.1) is 0 Å². The topological polar surface area (TPSA) is 201 Å². The lowest BCUT2D eigenvalue weighted by molar-refractivity contribution is -0.685. The molecule has 3 aliphatic rings. The van der Waals surface area contributed by atoms with Crippen molar-refractivity contribution >= 4 is 17.3 Å². The fraction of sp³-hybridized carbons (Fsp3) is 0.355. The van der Waals surface area contributed by atoms with Crippen LogP contribution in [-0.2, 0) is 27.2 Å². The zero-order chi connectivity index (χ0) is 30.8. The van der Waals surface area contributed by atoms with Crippen molar-refractivity contribution in [3.63, 3.8) is 0 Å². The van der Waals surface area contributed by atoms with Crippen LogP contribution < -0.4 is 27.3 Å². The van der Waals surface area contributed by atoms with Crippen molar-refractivity contribution in [2.75, 3.05) is 0 Å². The highest BCUT2D eigenvalue weighted by Crippen LogP contribution is 2.52. The summed E-state index contributed by atoms with van der Waals surface area (Å²) in [5, 5.41) is 55.5. The van der Waals surface area contributed by atoms with Crippen molar-refractivity contribution in [1.29, 1.82) is 0 Å². The molecule has 232 valence electrons. The Bertz CT molecular complexity index is 1650. The van der Waals surface area contributed by atoms with Gasteiger partial charge in [0.2, 0.25) is 18.1 Å². The van der Waals surface area contributed by atoms with Gasteiger partial charge in [0.1, 0.15) is 22.8 Å². The lowest BCUT2D eigenvalue weighted by Gasteiger charge is -2.42. The van der Waals surface area contributed by atoms with Crippen LogP contribution in [0.2, 0.25) is 0 Å². The second kappa shape index (κ2) is 11.7. The molecule has 0 amide bonds. The summed E-state index contributed by atoms with van der Waals surface area (Å²) in [7, 11) is 0. The number of pyridine rings is 1. The number of aliphatic hydroxyl groups excluding tert-OH is 1. The molecule has 0 radical (unpaired) electrons. The summed E-state index contributed by atoms with van der Waals surface area (Å²) in [6.07, 6.45) is -1.63. The number of hydrogen-bond donors (Lipinski definition) is 6. The van der Waals surface area contributed by atoms with Gasteiger partial charge in [0.05, 0.1) is 35.0 Å². The number of fused-ring (bicyclic) bond motifs is 3. The predicted octanol–water partition coefficient (Wildman–Crippen LogP) is -2.30. The Balaban J connectivity index is 0.00000384. The Kier molecular flexibility index (Phi) is 8.39. The van der Waals surface area contributed by atoms with Crippen LogP contribution in [0.15, 0.2) is 48.8 Å². The molecular formula is C31H31BrN2O10. The third-order valence-electron chi connectivity index (χ3n) is 8.56. The molecule has 0 saturated carbocycles. The first-order valence-corrected chi connectivity index (χ1v) is 13.9. The number of halogens is 1. The third kappa shape index (κ3) is 5.09. The summed E-state index contributed by atoms with van der Waals surface area (Å²) in [5.41, 5.74) is 2.20. The van der Waals surface area contributed by atoms with E-state index in [0.717, 1.165) is 0 Å². The van der Waals surface area contributed by atoms with Crippen LogP contribution >= 0.6 is 0 Å². The molecule has 2 unspecified atom stereocenters. The highest BCUT2D eigenvalue weighted by molar-refractivity contribution is 6.31. The Morgan fingerprint density at radius 2 is 1.73 bits per heavy atom. The molecule has 0 spiro atoms. The molecule has 1 fully saturated rings. The van der Waals surface area contributed by atoms with Crippen molar-refractivity contribution in [2.24, 2.45) is 5.73 Å². The highest BCUT2D eigenvalue weighted by Gasteiger charge is 2.51. The van der Waals surface area contributed by atoms with E-state index in [4.69, 9.17) is 15.2 Å². The summed E-state index contributed by atoms with van der Waals surface area (Å²) in [6, 6.07) is 8.39. The maximum atomic E-state index is 13.6. The number of aromatic hydroxyl groups is 3. The average molecular weight is 671 g/mol. The van der Waals surface area contributed by atoms with Crippen LogP contribution in [0.1, 0.15) is 68.8 Å². The molecule has 2 heterocycles. The van der Waals surface area contributed by atoms with Gasteiger partial charge in [-0.1, -0.05) is 18.2 Å². The number of nitrogens with two attached hydrogens (primary N) is 1. The third-order valence-corrected chi connectivity index (χ3v) is 8.56. The summed E-state index contributed by atoms with van der Waals surface area (Å²) >= 11 is 0. The number of Topliss-reactive ketones (excluding diaryl/α,β-unsaturated/α-hetero) is 1. The number of carbonyl (C=O) groups is 3. The number of phenolic OH excluding ortho intramolecular Hbond substituents is 3. The second-order valence-electron chi connectivity index (χ2n) is 11.4. The van der Waals surface area contributed by atoms with E-state index in [1.807, 2.05) is 0 Å². The zero-order valence-electron chi connectivity index (χ0n) is 23.5. The molecule has 7 N–H and O–H groups in total. The van der Waals surface area contributed by atoms with E-state index in [2.05, 4.69) is 0 Å². The lowest BCUT2D eigenvalue weighted by Crippen LogP contribution is -3.00. The van der Waals surface area contributed by atoms with E-state index in [9.17, 15) is 39.9 Å². The standard InChI is InChI=1S/C31H30N2O10.BrH/c1-14-26(36)17(32)10-21(42-14)43-19-12-31(41,20(35)13-33-8-3-2-4-9-33)11-16-23(19)30(40)25-24(28(16)38)27(37)15-6-5-7-18(34)22(15)29(25)39;/h2-9,14,17,19,21,26,36,41H,10-13,32H2,1H3,(H2-,34,37,38,39,40);1H/t14-,17-,19?,21-,26+,31?;/m0./s1. The van der Waals surface area contributed by atoms with Gasteiger partial charge in [-0.2, -0.15) is 4.57 Å². The molecular weight excluding hydrogens is 640 g/mol. The molecule has 1 saturated heterocycles. The quantitative estimate of drug-likeness (QED) is 0.0985. The molecule has 0 bridgehead atoms. The first-order chi connectivity index (χ1) is 20.4. The lowest BCUT2D eigenvalue weighted by atomic mass is 9.71. The maximum absolute atomic E-state index is 13.6. The van der Waals surface area contributed by atoms with Crippen LogP contribution in [0, 0.1) is 0 Å². The molecule has 13 heteroatoms. The molecule has 2 aromatic carbocycles. The Hall–Kier alpha value is -3.72. The Morgan fingerprint density at radius 1 is 1.05 bits per heavy atom. The van der Waals surface area contributed by atoms with Crippen LogP contribution in [0.5, 0.6) is 17.2 Å². The van der Waals surface area contributed by atoms with E-state index in [-0.39, 0.29) is 52.2 Å². The number of hydrogen-bond acceptors (Lipinski definition) is 11. The minimum atomic E-state index is -2.13. The predicted molar refractivity (Wildman–Crippen MR) is 146 cm³/mol. The molecule has 6 atom stereocenters. The fourth-order valence-corrected chi connectivity index (χ4v) is 6.30. The van der Waals surface area contributed by atoms with E-state index in [1.54, 1.807) is 42.1 Å². The minimum absolute atomic E-state index is 0. The largest absolute Gasteiger partial charge is 1.00 e. The maximum Gasteiger partial charge on any atom is 0.229 e. The normalized spacial score (nSPS) is 27.5. The van der Waals surface area contributed by atoms with Gasteiger partial charge in [0.15, 0.2) is 24.5 Å². The monoisotopic (exact) mass is 670 g/mol. The molecule has 2 aliphatic carbocycles. The van der Waals surface area contributed by atoms with Crippen LogP contribution in [-0.4, -0.2) is 73.0 Å². The number of rotatable bonds is 5. The zero-order valence-corrected chi connectivity index (χ0v) is 25.1. The summed E-state index contributed by atoms with van der Waals surface area (Å²) < 4.78 is 13.5. The van der Waals surface area contributed by atoms with E-state index in [1.165, 1.54) is 18.2 Å². The number of ether oxygens (including phenoxy) is 2. The number of phenols is 3. The number of aliphatic hydroxyl groups is 2. The second-order valence-corrected chi connectivity index (χ2v) is 11.4. The molecule has 1 aromatic heterocycles. The van der Waals surface area contributed by atoms with E-state index in [0.29, 0.717) is 0 Å². The Labute approximate surface area is 262 Å². The number of carbonyl (C=O) groups excluding carboxylic acids is 3. The first-order valence-electron chi connectivity index (χ1n) is 13.9. The number of aromatic nitrogens is 1. The van der Waals surface area contributed by atoms with Gasteiger partial charge in [0.25, 0.3) is 0 Å². The van der Waals surface area contributed by atoms with Crippen molar-refractivity contribution in [3.8, 4) is 17.2 Å². The van der Waals surface area contributed by atoms with Crippen molar-refractivity contribution in [1.82, 2.24) is 0 Å². The summed E-state index contributed by atoms with van der Waals surface area (Å²) in [5.74, 6) is -4.17. The van der Waals surface area contributed by atoms with Crippen molar-refractivity contribution in [2.45, 2.75) is 69.0 Å². The number of nitrogens with zero attached hydrogens (tertiary/aromatic N) is 1. The van der Waals surface area contributed by atoms with Gasteiger partial charge in [-0.25, -0.2) is 0 Å². The molecule has 44 heavy (non-hydrogen) atoms. The van der Waals surface area contributed by atoms with E-state index < -0.39 is 94.8 Å². The van der Waals surface area contributed by atoms with Crippen LogP contribution in [0.3, 0.4) is 0 Å². The summed E-state index contributed by atoms with van der Waals surface area (Å²) in [6.45, 7) is 1.37. The van der Waals surface area contributed by atoms with Crippen LogP contribution in [0.4, 0.5) is 0 Å². The van der Waals surface area contributed by atoms with Crippen molar-refractivity contribution in [3.05, 3.63) is 82.2 Å². The first kappa shape index (κ1) is 31.7. The van der Waals surface area contributed by atoms with Gasteiger partial charge in [0, 0.05) is 54.1 Å². The minimum Gasteiger partial charge on any atom is -1.00 e. The van der Waals surface area contributed by atoms with E-state index >= 15 is 0 Å². The molecule has 6 rings (SSSR count). The SMILES string of the molecule is C[C@@H]1O[C@@H](OC2CC(O)(C(=O)C[n+]3ccccc3)Cc3c(O)c4c(c(O)c32)C(=O)c2c(O)cccc2C4=O)C[C@H](N)[C@@H]1O.[Br-]. The van der Waals surface area contributed by atoms with Gasteiger partial charge in [-0.05, 0) is 13.0 Å². The fourth-order valence-electron chi connectivity index (χ4n) is 6.30. The van der Waals surface area contributed by atoms with Gasteiger partial charge >= 0.3 is 0 Å². The summed E-state index contributed by atoms with van der Waals surface area (Å²) in [4.78, 5) is 40.7. The molecule has 3 aromatic rings. The Morgan fingerprint density at radius 3 is 2.41 bits per heavy atom. The van der Waals surface area contributed by atoms with Crippen molar-refractivity contribution < 1.29 is 70.9 Å². The number of benzene rings is 2. The van der Waals surface area contributed by atoms with Crippen LogP contribution in [0.25, 0.3) is 0 Å². The number of ketones is 3. The average Bonchev–Trinajstić information content (AvgIpc) is 2.96. The molecule has 1 aliphatic heterocycles. The smallest absolute Gasteiger partial charge is 0.229 e. The van der Waals surface area contributed by atoms with Gasteiger partial charge < -0.3 is 57.7 Å². The molecule has 12 nitrogen and oxygen atoms in total. The van der Waals surface area contributed by atoms with Gasteiger partial charge in [-0.3, -0.25) is 14.4 Å².